The minimum Gasteiger partial charge on any atom is -0.394 e. The second-order valence-corrected chi connectivity index (χ2v) is 5.24. The van der Waals surface area contributed by atoms with E-state index in [1.807, 2.05) is 0 Å². The van der Waals surface area contributed by atoms with Gasteiger partial charge in [0.25, 0.3) is 5.56 Å². The molecule has 1 unspecified atom stereocenters. The summed E-state index contributed by atoms with van der Waals surface area (Å²) < 4.78 is 20.4. The number of ketones is 1. The third-order valence-electron chi connectivity index (χ3n) is 3.77. The molecule has 0 bridgehead atoms. The average Bonchev–Trinajstić information content (AvgIpc) is 2.83. The molecule has 1 aromatic rings. The maximum absolute atomic E-state index is 13.8. The maximum Gasteiger partial charge on any atom is 0.333 e. The van der Waals surface area contributed by atoms with Crippen LogP contribution in [0.3, 0.4) is 0 Å². The highest BCUT2D eigenvalue weighted by Crippen LogP contribution is 2.27. The molecular formula is C13H17FN2O6. The van der Waals surface area contributed by atoms with E-state index in [1.54, 1.807) is 0 Å². The lowest BCUT2D eigenvalue weighted by molar-refractivity contribution is -0.119. The van der Waals surface area contributed by atoms with Crippen molar-refractivity contribution in [2.24, 2.45) is 0 Å². The quantitative estimate of drug-likeness (QED) is 0.732. The van der Waals surface area contributed by atoms with Crippen LogP contribution in [0.25, 0.3) is 0 Å². The van der Waals surface area contributed by atoms with E-state index in [0.29, 0.717) is 10.8 Å². The van der Waals surface area contributed by atoms with Crippen molar-refractivity contribution in [2.75, 3.05) is 6.61 Å². The maximum atomic E-state index is 13.8. The van der Waals surface area contributed by atoms with E-state index in [4.69, 9.17) is 9.84 Å². The number of hydrogen-bond donors (Lipinski definition) is 2. The van der Waals surface area contributed by atoms with Gasteiger partial charge in [-0.25, -0.2) is 9.36 Å². The number of nitrogens with zero attached hydrogens (tertiary/aromatic N) is 2. The standard InChI is InChI=1S/C13H17FN2O6/c1-6(7(2)18)16-12(20)8(14)4-15(13(16)21)11-3-9(19)10(5-17)22-11/h4,6,9-11,17,19H,3,5H2,1-2H3/t6?,9-,10+,11+/m0/s1. The molecule has 2 rings (SSSR count). The van der Waals surface area contributed by atoms with Crippen LogP contribution in [0.15, 0.2) is 15.8 Å². The van der Waals surface area contributed by atoms with Crippen LogP contribution < -0.4 is 11.2 Å². The zero-order chi connectivity index (χ0) is 16.6. The number of ether oxygens (including phenoxy) is 1. The summed E-state index contributed by atoms with van der Waals surface area (Å²) in [6, 6.07) is -1.12. The fourth-order valence-electron chi connectivity index (χ4n) is 2.34. The van der Waals surface area contributed by atoms with Crippen LogP contribution in [0.5, 0.6) is 0 Å². The Balaban J connectivity index is 2.53. The first kappa shape index (κ1) is 16.5. The van der Waals surface area contributed by atoms with Crippen LogP contribution in [0.4, 0.5) is 4.39 Å². The van der Waals surface area contributed by atoms with Gasteiger partial charge in [-0.05, 0) is 13.8 Å². The van der Waals surface area contributed by atoms with Crippen molar-refractivity contribution in [1.82, 2.24) is 9.13 Å². The molecule has 1 aromatic heterocycles. The molecular weight excluding hydrogens is 299 g/mol. The first-order chi connectivity index (χ1) is 10.3. The number of hydrogen-bond acceptors (Lipinski definition) is 6. The molecule has 0 saturated carbocycles. The summed E-state index contributed by atoms with van der Waals surface area (Å²) in [6.07, 6.45) is -2.30. The van der Waals surface area contributed by atoms with Crippen molar-refractivity contribution in [3.63, 3.8) is 0 Å². The van der Waals surface area contributed by atoms with E-state index in [0.717, 1.165) is 4.57 Å². The minimum atomic E-state index is -1.21. The molecule has 0 spiro atoms. The van der Waals surface area contributed by atoms with Gasteiger partial charge in [0.2, 0.25) is 5.82 Å². The van der Waals surface area contributed by atoms with Gasteiger partial charge in [0.05, 0.1) is 24.9 Å². The molecule has 2 heterocycles. The predicted molar refractivity (Wildman–Crippen MR) is 71.9 cm³/mol. The third-order valence-corrected chi connectivity index (χ3v) is 3.77. The summed E-state index contributed by atoms with van der Waals surface area (Å²) in [5, 5.41) is 18.7. The van der Waals surface area contributed by atoms with Gasteiger partial charge in [-0.3, -0.25) is 14.2 Å². The van der Waals surface area contributed by atoms with Gasteiger partial charge in [0.1, 0.15) is 12.3 Å². The first-order valence-corrected chi connectivity index (χ1v) is 6.76. The lowest BCUT2D eigenvalue weighted by Crippen LogP contribution is -2.45. The Morgan fingerprint density at radius 2 is 2.18 bits per heavy atom. The second kappa shape index (κ2) is 6.11. The molecule has 0 amide bonds. The molecule has 1 aliphatic rings. The Morgan fingerprint density at radius 3 is 2.68 bits per heavy atom. The molecule has 1 aliphatic heterocycles. The van der Waals surface area contributed by atoms with Crippen molar-refractivity contribution < 1.29 is 24.1 Å². The number of halogens is 1. The van der Waals surface area contributed by atoms with Crippen LogP contribution in [0, 0.1) is 5.82 Å². The topological polar surface area (TPSA) is 111 Å². The summed E-state index contributed by atoms with van der Waals surface area (Å²) in [5.41, 5.74) is -2.11. The predicted octanol–water partition coefficient (Wildman–Crippen LogP) is -1.06. The molecule has 1 fully saturated rings. The summed E-state index contributed by atoms with van der Waals surface area (Å²) in [4.78, 5) is 35.5. The van der Waals surface area contributed by atoms with Crippen LogP contribution in [-0.4, -0.2) is 43.9 Å². The lowest BCUT2D eigenvalue weighted by Gasteiger charge is -2.18. The number of aromatic nitrogens is 2. The monoisotopic (exact) mass is 316 g/mol. The molecule has 2 N–H and O–H groups in total. The molecule has 0 aliphatic carbocycles. The zero-order valence-electron chi connectivity index (χ0n) is 12.1. The Morgan fingerprint density at radius 1 is 1.55 bits per heavy atom. The van der Waals surface area contributed by atoms with Crippen LogP contribution in [-0.2, 0) is 9.53 Å². The van der Waals surface area contributed by atoms with E-state index in [9.17, 15) is 23.9 Å². The number of Topliss-reactive ketones (excluding diaryl/α,β-unsaturated/α-hetero) is 1. The van der Waals surface area contributed by atoms with E-state index >= 15 is 0 Å². The van der Waals surface area contributed by atoms with Gasteiger partial charge >= 0.3 is 5.69 Å². The van der Waals surface area contributed by atoms with Crippen molar-refractivity contribution in [3.8, 4) is 0 Å². The minimum absolute atomic E-state index is 0.0444. The molecule has 8 nitrogen and oxygen atoms in total. The zero-order valence-corrected chi connectivity index (χ0v) is 12.1. The van der Waals surface area contributed by atoms with E-state index in [1.165, 1.54) is 13.8 Å². The molecule has 0 aromatic carbocycles. The Labute approximate surface area is 124 Å². The van der Waals surface area contributed by atoms with Gasteiger partial charge in [-0.15, -0.1) is 0 Å². The summed E-state index contributed by atoms with van der Waals surface area (Å²) >= 11 is 0. The Bertz CT molecular complexity index is 697. The summed E-state index contributed by atoms with van der Waals surface area (Å²) in [7, 11) is 0. The normalized spacial score (nSPS) is 26.1. The average molecular weight is 316 g/mol. The largest absolute Gasteiger partial charge is 0.394 e. The fraction of sp³-hybridized carbons (Fsp3) is 0.615. The van der Waals surface area contributed by atoms with Gasteiger partial charge in [-0.2, -0.15) is 4.39 Å². The van der Waals surface area contributed by atoms with Crippen molar-refractivity contribution in [1.29, 1.82) is 0 Å². The van der Waals surface area contributed by atoms with E-state index in [-0.39, 0.29) is 6.42 Å². The van der Waals surface area contributed by atoms with Gasteiger partial charge < -0.3 is 14.9 Å². The molecule has 22 heavy (non-hydrogen) atoms. The highest BCUT2D eigenvalue weighted by atomic mass is 19.1. The van der Waals surface area contributed by atoms with Crippen molar-refractivity contribution in [2.45, 2.75) is 44.7 Å². The van der Waals surface area contributed by atoms with Gasteiger partial charge in [-0.1, -0.05) is 0 Å². The van der Waals surface area contributed by atoms with Crippen LogP contribution in [0.1, 0.15) is 32.5 Å². The van der Waals surface area contributed by atoms with Gasteiger partial charge in [0.15, 0.2) is 5.78 Å². The Kier molecular flexibility index (Phi) is 4.59. The van der Waals surface area contributed by atoms with Crippen molar-refractivity contribution in [3.05, 3.63) is 32.9 Å². The van der Waals surface area contributed by atoms with E-state index < -0.39 is 53.9 Å². The fourth-order valence-corrected chi connectivity index (χ4v) is 2.34. The summed E-state index contributed by atoms with van der Waals surface area (Å²) in [6.45, 7) is 2.04. The summed E-state index contributed by atoms with van der Waals surface area (Å²) in [5.74, 6) is -1.69. The smallest absolute Gasteiger partial charge is 0.333 e. The highest BCUT2D eigenvalue weighted by Gasteiger charge is 2.36. The van der Waals surface area contributed by atoms with E-state index in [2.05, 4.69) is 0 Å². The SMILES string of the molecule is CC(=O)C(C)n1c(=O)c(F)cn([C@H]2C[C@H](O)[C@@H](CO)O2)c1=O. The molecule has 1 saturated heterocycles. The lowest BCUT2D eigenvalue weighted by atomic mass is 10.2. The highest BCUT2D eigenvalue weighted by molar-refractivity contribution is 5.79. The third kappa shape index (κ3) is 2.74. The Hall–Kier alpha value is -1.84. The number of carbonyl (C=O) groups is 1. The van der Waals surface area contributed by atoms with Crippen molar-refractivity contribution >= 4 is 5.78 Å². The number of carbonyl (C=O) groups excluding carboxylic acids is 1. The number of rotatable bonds is 4. The van der Waals surface area contributed by atoms with Gasteiger partial charge in [0, 0.05) is 6.42 Å². The molecule has 9 heteroatoms. The first-order valence-electron chi connectivity index (χ1n) is 6.76. The molecule has 4 atom stereocenters. The van der Waals surface area contributed by atoms with Crippen LogP contribution in [0.2, 0.25) is 0 Å². The molecule has 122 valence electrons. The number of aliphatic hydroxyl groups is 2. The van der Waals surface area contributed by atoms with Crippen LogP contribution >= 0.6 is 0 Å². The molecule has 0 radical (unpaired) electrons. The second-order valence-electron chi connectivity index (χ2n) is 5.24. The number of aliphatic hydroxyl groups excluding tert-OH is 2.